The van der Waals surface area contributed by atoms with Crippen LogP contribution in [0.4, 0.5) is 17.3 Å². The van der Waals surface area contributed by atoms with Gasteiger partial charge in [0.1, 0.15) is 35.8 Å². The minimum Gasteiger partial charge on any atom is -0.457 e. The van der Waals surface area contributed by atoms with E-state index in [4.69, 9.17) is 4.74 Å². The lowest BCUT2D eigenvalue weighted by Gasteiger charge is -2.17. The smallest absolute Gasteiger partial charge is 0.255 e. The largest absolute Gasteiger partial charge is 0.457 e. The second kappa shape index (κ2) is 10.3. The molecule has 1 saturated heterocycles. The van der Waals surface area contributed by atoms with E-state index in [2.05, 4.69) is 42.2 Å². The molecule has 5 aromatic rings. The van der Waals surface area contributed by atoms with E-state index in [1.807, 2.05) is 69.7 Å². The third-order valence-corrected chi connectivity index (χ3v) is 7.08. The van der Waals surface area contributed by atoms with E-state index in [0.717, 1.165) is 28.0 Å². The number of carbonyl (C=O) groups excluding carboxylic acids is 1. The van der Waals surface area contributed by atoms with Gasteiger partial charge < -0.3 is 15.0 Å². The first-order valence-electron chi connectivity index (χ1n) is 13.0. The van der Waals surface area contributed by atoms with Crippen LogP contribution in [0.25, 0.3) is 16.6 Å². The fraction of sp³-hybridized carbons (Fsp3) is 0.241. The second-order valence-corrected chi connectivity index (χ2v) is 10.0. The Balaban J connectivity index is 1.23. The van der Waals surface area contributed by atoms with Gasteiger partial charge >= 0.3 is 0 Å². The maximum Gasteiger partial charge on any atom is 0.255 e. The molecule has 0 radical (unpaired) electrons. The summed E-state index contributed by atoms with van der Waals surface area (Å²) in [5, 5.41) is 8.29. The summed E-state index contributed by atoms with van der Waals surface area (Å²) in [5.41, 5.74) is 4.00. The van der Waals surface area contributed by atoms with E-state index in [9.17, 15) is 4.79 Å². The number of aryl methyl sites for hydroxylation is 1. The maximum atomic E-state index is 13.2. The molecular weight excluding hydrogens is 506 g/mol. The molecule has 0 aliphatic carbocycles. The molecule has 0 saturated carbocycles. The van der Waals surface area contributed by atoms with E-state index in [1.54, 1.807) is 15.6 Å². The van der Waals surface area contributed by atoms with Gasteiger partial charge in [-0.1, -0.05) is 6.08 Å². The molecule has 0 bridgehead atoms. The summed E-state index contributed by atoms with van der Waals surface area (Å²) >= 11 is 0. The van der Waals surface area contributed by atoms with E-state index >= 15 is 0 Å². The summed E-state index contributed by atoms with van der Waals surface area (Å²) in [4.78, 5) is 34.6. The summed E-state index contributed by atoms with van der Waals surface area (Å²) < 4.78 is 7.78. The molecule has 202 valence electrons. The third kappa shape index (κ3) is 4.94. The minimum absolute atomic E-state index is 0.0127. The van der Waals surface area contributed by atoms with Crippen molar-refractivity contribution in [2.75, 3.05) is 30.9 Å². The van der Waals surface area contributed by atoms with Gasteiger partial charge in [0.15, 0.2) is 5.65 Å². The molecule has 6 rings (SSSR count). The monoisotopic (exact) mass is 535 g/mol. The van der Waals surface area contributed by atoms with Gasteiger partial charge in [-0.3, -0.25) is 9.69 Å². The number of carbonyl (C=O) groups is 1. The molecule has 0 unspecified atom stereocenters. The van der Waals surface area contributed by atoms with Crippen LogP contribution in [0.2, 0.25) is 0 Å². The van der Waals surface area contributed by atoms with Crippen LogP contribution < -0.4 is 15.0 Å². The predicted octanol–water partition coefficient (Wildman–Crippen LogP) is 4.53. The number of anilines is 3. The summed E-state index contributed by atoms with van der Waals surface area (Å²) in [6, 6.07) is 11.6. The van der Waals surface area contributed by atoms with Gasteiger partial charge in [0.25, 0.3) is 5.91 Å². The molecule has 1 fully saturated rings. The van der Waals surface area contributed by atoms with Gasteiger partial charge in [0.2, 0.25) is 0 Å². The Bertz CT molecular complexity index is 1760. The molecule has 1 N–H and O–H groups in total. The normalized spacial score (nSPS) is 15.5. The number of nitrogens with one attached hydrogen (secondary N) is 1. The Kier molecular flexibility index (Phi) is 6.56. The molecule has 0 spiro atoms. The highest BCUT2D eigenvalue weighted by molar-refractivity contribution is 6.08. The molecule has 1 atom stereocenters. The standard InChI is InChI=1S/C29H29N9O2/c1-18-11-21(5-6-25(18)40-22-8-10-38-27(13-22)32-17-34-38)35-28-23-14-26(30-15-24(23)31-16-33-28)37-9-7-20(29(37)39)12-19(2)36(3)4/h5-6,8,10-17,19H,7,9H2,1-4H3,(H,31,33,35)/b20-12+/t19-/m0/s1. The van der Waals surface area contributed by atoms with Crippen LogP contribution in [0.1, 0.15) is 18.9 Å². The summed E-state index contributed by atoms with van der Waals surface area (Å²) in [6.07, 6.45) is 9.22. The Labute approximate surface area is 231 Å². The first-order valence-corrected chi connectivity index (χ1v) is 13.0. The molecule has 1 aliphatic rings. The van der Waals surface area contributed by atoms with Crippen molar-refractivity contribution in [1.82, 2.24) is 34.4 Å². The average molecular weight is 536 g/mol. The zero-order valence-electron chi connectivity index (χ0n) is 22.7. The lowest BCUT2D eigenvalue weighted by Crippen LogP contribution is -2.27. The van der Waals surface area contributed by atoms with E-state index in [-0.39, 0.29) is 11.9 Å². The van der Waals surface area contributed by atoms with Crippen molar-refractivity contribution in [3.63, 3.8) is 0 Å². The first-order chi connectivity index (χ1) is 19.4. The number of hydrogen-bond donors (Lipinski definition) is 1. The van der Waals surface area contributed by atoms with E-state index in [0.29, 0.717) is 41.5 Å². The van der Waals surface area contributed by atoms with Crippen LogP contribution >= 0.6 is 0 Å². The number of hydrogen-bond acceptors (Lipinski definition) is 9. The average Bonchev–Trinajstić information content (AvgIpc) is 3.56. The zero-order valence-corrected chi connectivity index (χ0v) is 22.7. The number of rotatable bonds is 7. The second-order valence-electron chi connectivity index (χ2n) is 10.0. The van der Waals surface area contributed by atoms with Crippen LogP contribution in [-0.2, 0) is 4.79 Å². The number of likely N-dealkylation sites (N-methyl/N-ethyl adjacent to an activating group) is 1. The van der Waals surface area contributed by atoms with Gasteiger partial charge in [0.05, 0.1) is 11.7 Å². The van der Waals surface area contributed by atoms with E-state index in [1.165, 1.54) is 12.7 Å². The lowest BCUT2D eigenvalue weighted by atomic mass is 10.1. The van der Waals surface area contributed by atoms with Crippen molar-refractivity contribution in [3.05, 3.63) is 78.7 Å². The lowest BCUT2D eigenvalue weighted by molar-refractivity contribution is -0.114. The number of ether oxygens (including phenoxy) is 1. The molecule has 11 heteroatoms. The van der Waals surface area contributed by atoms with Crippen LogP contribution in [0.5, 0.6) is 11.5 Å². The molecular formula is C29H29N9O2. The topological polar surface area (TPSA) is 114 Å². The molecule has 1 aliphatic heterocycles. The van der Waals surface area contributed by atoms with Gasteiger partial charge in [-0.05, 0) is 70.3 Å². The number of nitrogens with zero attached hydrogens (tertiary/aromatic N) is 8. The van der Waals surface area contributed by atoms with Gasteiger partial charge in [-0.15, -0.1) is 0 Å². The molecule has 4 aromatic heterocycles. The molecule has 1 amide bonds. The number of amides is 1. The molecule has 1 aromatic carbocycles. The third-order valence-electron chi connectivity index (χ3n) is 7.08. The Morgan fingerprint density at radius 2 is 1.95 bits per heavy atom. The van der Waals surface area contributed by atoms with E-state index < -0.39 is 0 Å². The fourth-order valence-electron chi connectivity index (χ4n) is 4.59. The van der Waals surface area contributed by atoms with Crippen molar-refractivity contribution < 1.29 is 9.53 Å². The van der Waals surface area contributed by atoms with Crippen molar-refractivity contribution in [2.24, 2.45) is 0 Å². The summed E-state index contributed by atoms with van der Waals surface area (Å²) in [7, 11) is 4.00. The maximum absolute atomic E-state index is 13.2. The number of pyridine rings is 2. The first kappa shape index (κ1) is 25.4. The zero-order chi connectivity index (χ0) is 27.8. The van der Waals surface area contributed by atoms with Crippen molar-refractivity contribution in [3.8, 4) is 11.5 Å². The Hall–Kier alpha value is -4.90. The quantitative estimate of drug-likeness (QED) is 0.300. The van der Waals surface area contributed by atoms with Crippen LogP contribution in [0.15, 0.2) is 73.1 Å². The van der Waals surface area contributed by atoms with Crippen molar-refractivity contribution in [2.45, 2.75) is 26.3 Å². The summed E-state index contributed by atoms with van der Waals surface area (Å²) in [5.74, 6) is 2.61. The number of fused-ring (bicyclic) bond motifs is 2. The van der Waals surface area contributed by atoms with Crippen LogP contribution in [0.3, 0.4) is 0 Å². The van der Waals surface area contributed by atoms with Crippen molar-refractivity contribution in [1.29, 1.82) is 0 Å². The summed E-state index contributed by atoms with van der Waals surface area (Å²) in [6.45, 7) is 4.65. The van der Waals surface area contributed by atoms with Gasteiger partial charge in [-0.2, -0.15) is 5.10 Å². The highest BCUT2D eigenvalue weighted by Gasteiger charge is 2.29. The van der Waals surface area contributed by atoms with Gasteiger partial charge in [-0.25, -0.2) is 24.5 Å². The fourth-order valence-corrected chi connectivity index (χ4v) is 4.59. The SMILES string of the molecule is Cc1cc(Nc2ncnc3cnc(N4CC/C(=C\[C@H](C)N(C)C)C4=O)cc23)ccc1Oc1ccn2ncnc2c1. The van der Waals surface area contributed by atoms with Gasteiger partial charge in [0, 0.05) is 41.5 Å². The number of benzene rings is 1. The van der Waals surface area contributed by atoms with Crippen molar-refractivity contribution >= 4 is 39.8 Å². The predicted molar refractivity (Wildman–Crippen MR) is 153 cm³/mol. The Morgan fingerprint density at radius 1 is 1.07 bits per heavy atom. The minimum atomic E-state index is -0.0127. The molecule has 11 nitrogen and oxygen atoms in total. The molecule has 40 heavy (non-hydrogen) atoms. The van der Waals surface area contributed by atoms with Crippen LogP contribution in [0, 0.1) is 6.92 Å². The van der Waals surface area contributed by atoms with Crippen LogP contribution in [-0.4, -0.2) is 67.0 Å². The number of aromatic nitrogens is 6. The highest BCUT2D eigenvalue weighted by atomic mass is 16.5. The Morgan fingerprint density at radius 3 is 2.77 bits per heavy atom. The molecule has 5 heterocycles. The highest BCUT2D eigenvalue weighted by Crippen LogP contribution is 2.32.